The Balaban J connectivity index is 0.00000294. The molecule has 0 spiro atoms. The Labute approximate surface area is 249 Å². The zero-order valence-electron chi connectivity index (χ0n) is 21.9. The molecular weight excluding hydrogens is 595 g/mol. The number of nitrogens with zero attached hydrogens (tertiary/aromatic N) is 2. The summed E-state index contributed by atoms with van der Waals surface area (Å²) in [6, 6.07) is 15.3. The van der Waals surface area contributed by atoms with Crippen LogP contribution in [0.15, 0.2) is 60.7 Å². The van der Waals surface area contributed by atoms with Crippen LogP contribution in [-0.2, 0) is 14.5 Å². The first kappa shape index (κ1) is 33.1. The Hall–Kier alpha value is -4.07. The Morgan fingerprint density at radius 2 is 1.46 bits per heavy atom. The molecule has 41 heavy (non-hydrogen) atoms. The molecule has 1 aliphatic heterocycles. The number of amidine groups is 2. The number of nitrogen functional groups attached to an aromatic ring is 1. The number of halogens is 2. The molecule has 0 radical (unpaired) electrons. The van der Waals surface area contributed by atoms with Gasteiger partial charge in [-0.15, -0.1) is 24.8 Å². The fourth-order valence-corrected chi connectivity index (χ4v) is 5.29. The van der Waals surface area contributed by atoms with E-state index in [9.17, 15) is 18.0 Å². The van der Waals surface area contributed by atoms with E-state index in [4.69, 9.17) is 27.0 Å². The average Bonchev–Trinajstić information content (AvgIpc) is 2.88. The molecule has 0 atom stereocenters. The van der Waals surface area contributed by atoms with E-state index in [1.165, 1.54) is 36.4 Å². The van der Waals surface area contributed by atoms with Gasteiger partial charge in [0, 0.05) is 37.1 Å². The number of fused-ring (bicyclic) bond motifs is 1. The number of anilines is 1. The lowest BCUT2D eigenvalue weighted by Gasteiger charge is -2.32. The number of benzene rings is 3. The second kappa shape index (κ2) is 13.5. The smallest absolute Gasteiger partial charge is 0.421 e. The maximum Gasteiger partial charge on any atom is 0.421 e. The second-order valence-electron chi connectivity index (χ2n) is 9.00. The highest BCUT2D eigenvalue weighted by molar-refractivity contribution is 7.89. The van der Waals surface area contributed by atoms with Crippen molar-refractivity contribution in [1.82, 2.24) is 4.90 Å². The molecule has 2 amide bonds. The summed E-state index contributed by atoms with van der Waals surface area (Å²) >= 11 is 0. The van der Waals surface area contributed by atoms with Crippen LogP contribution in [0.1, 0.15) is 35.7 Å². The number of carbonyl (C=O) groups is 2. The molecule has 0 aromatic heterocycles. The molecule has 4 rings (SSSR count). The molecule has 12 nitrogen and oxygen atoms in total. The van der Waals surface area contributed by atoms with Crippen molar-refractivity contribution >= 4 is 75.2 Å². The molecule has 1 fully saturated rings. The summed E-state index contributed by atoms with van der Waals surface area (Å²) in [4.78, 5) is 26.8. The number of hydrogen-bond acceptors (Lipinski definition) is 8. The SMILES string of the molecule is CC(=N)N1CCC(Oc2ccc(N(C(=O)c3ccc4ccc(C(=N)N)cc4c3)S(=O)(=O)OC(N)=O)cc2)CC1.Cl.Cl. The molecule has 1 aliphatic rings. The van der Waals surface area contributed by atoms with Crippen molar-refractivity contribution in [3.63, 3.8) is 0 Å². The summed E-state index contributed by atoms with van der Waals surface area (Å²) in [5, 5.41) is 16.7. The van der Waals surface area contributed by atoms with Gasteiger partial charge in [0.25, 0.3) is 5.91 Å². The van der Waals surface area contributed by atoms with E-state index in [1.54, 1.807) is 31.2 Å². The molecule has 3 aromatic rings. The third-order valence-corrected chi connectivity index (χ3v) is 7.48. The van der Waals surface area contributed by atoms with Gasteiger partial charge >= 0.3 is 16.4 Å². The molecule has 15 heteroatoms. The molecule has 0 bridgehead atoms. The zero-order valence-corrected chi connectivity index (χ0v) is 24.4. The van der Waals surface area contributed by atoms with Crippen LogP contribution in [-0.4, -0.2) is 56.2 Å². The maximum atomic E-state index is 13.5. The molecule has 3 aromatic carbocycles. The lowest BCUT2D eigenvalue weighted by atomic mass is 10.0. The van der Waals surface area contributed by atoms with Crippen LogP contribution < -0.4 is 20.5 Å². The van der Waals surface area contributed by atoms with E-state index in [-0.39, 0.29) is 48.0 Å². The van der Waals surface area contributed by atoms with Crippen LogP contribution in [0.3, 0.4) is 0 Å². The monoisotopic (exact) mass is 624 g/mol. The summed E-state index contributed by atoms with van der Waals surface area (Å²) < 4.78 is 36.6. The number of amides is 2. The van der Waals surface area contributed by atoms with Gasteiger partial charge in [-0.05, 0) is 60.2 Å². The number of primary amides is 1. The van der Waals surface area contributed by atoms with Gasteiger partial charge in [0.05, 0.1) is 11.5 Å². The Morgan fingerprint density at radius 3 is 2.00 bits per heavy atom. The highest BCUT2D eigenvalue weighted by atomic mass is 35.5. The van der Waals surface area contributed by atoms with Gasteiger partial charge in [-0.25, -0.2) is 4.79 Å². The van der Waals surface area contributed by atoms with Crippen LogP contribution in [0.4, 0.5) is 10.5 Å². The summed E-state index contributed by atoms with van der Waals surface area (Å²) in [6.45, 7) is 3.13. The van der Waals surface area contributed by atoms with E-state index >= 15 is 0 Å². The van der Waals surface area contributed by atoms with E-state index in [0.717, 1.165) is 18.2 Å². The molecule has 6 N–H and O–H groups in total. The van der Waals surface area contributed by atoms with Crippen molar-refractivity contribution in [3.8, 4) is 5.75 Å². The molecule has 1 saturated heterocycles. The van der Waals surface area contributed by atoms with Gasteiger partial charge in [-0.2, -0.15) is 12.7 Å². The lowest BCUT2D eigenvalue weighted by molar-refractivity contribution is 0.100. The van der Waals surface area contributed by atoms with Crippen molar-refractivity contribution in [3.05, 3.63) is 71.8 Å². The first-order valence-electron chi connectivity index (χ1n) is 12.0. The number of ether oxygens (including phenoxy) is 1. The van der Waals surface area contributed by atoms with Crippen LogP contribution in [0.2, 0.25) is 0 Å². The molecule has 220 valence electrons. The Bertz CT molecular complexity index is 1560. The van der Waals surface area contributed by atoms with Crippen LogP contribution >= 0.6 is 24.8 Å². The second-order valence-corrected chi connectivity index (χ2v) is 10.4. The summed E-state index contributed by atoms with van der Waals surface area (Å²) in [6.07, 6.45) is -0.236. The summed E-state index contributed by atoms with van der Waals surface area (Å²) in [7, 11) is -4.96. The molecule has 0 saturated carbocycles. The lowest BCUT2D eigenvalue weighted by Crippen LogP contribution is -2.40. The highest BCUT2D eigenvalue weighted by Crippen LogP contribution is 2.28. The van der Waals surface area contributed by atoms with Crippen molar-refractivity contribution in [2.45, 2.75) is 25.9 Å². The Morgan fingerprint density at radius 1 is 0.902 bits per heavy atom. The number of carbonyl (C=O) groups excluding carboxylic acids is 2. The largest absolute Gasteiger partial charge is 0.490 e. The first-order chi connectivity index (χ1) is 18.4. The van der Waals surface area contributed by atoms with Crippen molar-refractivity contribution in [1.29, 1.82) is 10.8 Å². The van der Waals surface area contributed by atoms with Crippen LogP contribution in [0, 0.1) is 10.8 Å². The normalized spacial score (nSPS) is 13.3. The van der Waals surface area contributed by atoms with E-state index < -0.39 is 22.3 Å². The third-order valence-electron chi connectivity index (χ3n) is 6.28. The fourth-order valence-electron chi connectivity index (χ4n) is 4.32. The number of rotatable bonds is 7. The van der Waals surface area contributed by atoms with E-state index in [0.29, 0.717) is 39.9 Å². The third kappa shape index (κ3) is 7.78. The molecule has 0 aliphatic carbocycles. The molecule has 1 heterocycles. The van der Waals surface area contributed by atoms with Crippen LogP contribution in [0.5, 0.6) is 5.75 Å². The first-order valence-corrected chi connectivity index (χ1v) is 13.3. The standard InChI is InChI=1S/C26H28N6O6S.2ClH/c1-16(27)31-12-10-23(11-13-31)37-22-8-6-21(7-9-22)32(39(35,36)38-26(30)34)25(33)19-5-3-17-2-4-18(24(28)29)14-20(17)15-19;;/h2-9,14-15,23,27H,10-13H2,1H3,(H3,28,29)(H2,30,34);2*1H. The van der Waals surface area contributed by atoms with Gasteiger partial charge < -0.3 is 25.3 Å². The van der Waals surface area contributed by atoms with Gasteiger partial charge in [-0.3, -0.25) is 15.6 Å². The van der Waals surface area contributed by atoms with E-state index in [2.05, 4.69) is 4.18 Å². The van der Waals surface area contributed by atoms with Gasteiger partial charge in [0.1, 0.15) is 17.7 Å². The number of nitrogens with two attached hydrogens (primary N) is 2. The number of piperidine rings is 1. The zero-order chi connectivity index (χ0) is 28.3. The predicted octanol–water partition coefficient (Wildman–Crippen LogP) is 3.79. The topological polar surface area (TPSA) is 193 Å². The Kier molecular flexibility index (Phi) is 10.9. The number of hydrogen-bond donors (Lipinski definition) is 4. The van der Waals surface area contributed by atoms with Gasteiger partial charge in [0.2, 0.25) is 0 Å². The van der Waals surface area contributed by atoms with Crippen molar-refractivity contribution in [2.75, 3.05) is 17.4 Å². The quantitative estimate of drug-likeness (QED) is 0.225. The van der Waals surface area contributed by atoms with Crippen LogP contribution in [0.25, 0.3) is 10.8 Å². The minimum absolute atomic E-state index is 0. The summed E-state index contributed by atoms with van der Waals surface area (Å²) in [5.41, 5.74) is 10.8. The van der Waals surface area contributed by atoms with Gasteiger partial charge in [-0.1, -0.05) is 18.2 Å². The number of nitrogens with one attached hydrogen (secondary N) is 2. The minimum atomic E-state index is -4.96. The molecule has 0 unspecified atom stereocenters. The maximum absolute atomic E-state index is 13.5. The minimum Gasteiger partial charge on any atom is -0.490 e. The van der Waals surface area contributed by atoms with E-state index in [1.807, 2.05) is 4.90 Å². The van der Waals surface area contributed by atoms with Crippen molar-refractivity contribution in [2.24, 2.45) is 11.5 Å². The summed E-state index contributed by atoms with van der Waals surface area (Å²) in [5.74, 6) is -0.181. The molecular formula is C26H30Cl2N6O6S. The predicted molar refractivity (Wildman–Crippen MR) is 161 cm³/mol. The average molecular weight is 626 g/mol. The fraction of sp³-hybridized carbons (Fsp3) is 0.231. The van der Waals surface area contributed by atoms with Gasteiger partial charge in [0.15, 0.2) is 0 Å². The van der Waals surface area contributed by atoms with Crippen molar-refractivity contribution < 1.29 is 26.9 Å². The highest BCUT2D eigenvalue weighted by Gasteiger charge is 2.34. The number of likely N-dealkylation sites (tertiary alicyclic amines) is 1.